The third-order valence-electron chi connectivity index (χ3n) is 2.16. The Labute approximate surface area is 87.5 Å². The van der Waals surface area contributed by atoms with E-state index in [1.54, 1.807) is 12.1 Å². The minimum absolute atomic E-state index is 0.00755. The fourth-order valence-electron chi connectivity index (χ4n) is 1.46. The summed E-state index contributed by atoms with van der Waals surface area (Å²) in [6, 6.07) is 10.7. The van der Waals surface area contributed by atoms with Gasteiger partial charge in [-0.25, -0.2) is 0 Å². The van der Waals surface area contributed by atoms with Gasteiger partial charge in [-0.05, 0) is 35.0 Å². The highest BCUT2D eigenvalue weighted by Gasteiger charge is 1.98. The normalized spacial score (nSPS) is 10.5. The molecule has 2 aromatic rings. The first-order chi connectivity index (χ1) is 7.29. The maximum Gasteiger partial charge on any atom is 0.120 e. The van der Waals surface area contributed by atoms with Gasteiger partial charge in [0.2, 0.25) is 0 Å². The molecule has 78 valence electrons. The molecular formula is C12H12O3. The number of ether oxygens (including phenoxy) is 1. The molecule has 0 saturated carbocycles. The molecule has 2 rings (SSSR count). The zero-order valence-electron chi connectivity index (χ0n) is 8.18. The van der Waals surface area contributed by atoms with Gasteiger partial charge in [0, 0.05) is 0 Å². The van der Waals surface area contributed by atoms with E-state index in [-0.39, 0.29) is 12.4 Å². The lowest BCUT2D eigenvalue weighted by Crippen LogP contribution is -2.01. The summed E-state index contributed by atoms with van der Waals surface area (Å²) in [5.74, 6) is 0.980. The fourth-order valence-corrected chi connectivity index (χ4v) is 1.46. The number of aromatic hydroxyl groups is 1. The number of hydrogen-bond donors (Lipinski definition) is 2. The van der Waals surface area contributed by atoms with Gasteiger partial charge >= 0.3 is 0 Å². The molecule has 0 aromatic heterocycles. The number of fused-ring (bicyclic) bond motifs is 1. The molecule has 0 spiro atoms. The Morgan fingerprint density at radius 3 is 2.53 bits per heavy atom. The van der Waals surface area contributed by atoms with Gasteiger partial charge in [-0.15, -0.1) is 0 Å². The summed E-state index contributed by atoms with van der Waals surface area (Å²) < 4.78 is 5.28. The molecular weight excluding hydrogens is 192 g/mol. The zero-order chi connectivity index (χ0) is 10.7. The van der Waals surface area contributed by atoms with Crippen molar-refractivity contribution in [1.82, 2.24) is 0 Å². The summed E-state index contributed by atoms with van der Waals surface area (Å²) in [6.45, 7) is 0.303. The second-order valence-electron chi connectivity index (χ2n) is 3.27. The molecule has 0 aliphatic heterocycles. The van der Waals surface area contributed by atoms with Crippen LogP contribution in [0.25, 0.3) is 10.8 Å². The molecule has 0 bridgehead atoms. The van der Waals surface area contributed by atoms with Gasteiger partial charge in [0.05, 0.1) is 6.61 Å². The van der Waals surface area contributed by atoms with Gasteiger partial charge in [0.25, 0.3) is 0 Å². The second-order valence-corrected chi connectivity index (χ2v) is 3.27. The van der Waals surface area contributed by atoms with Crippen molar-refractivity contribution < 1.29 is 14.9 Å². The average Bonchev–Trinajstić information content (AvgIpc) is 2.26. The number of hydrogen-bond acceptors (Lipinski definition) is 3. The summed E-state index contributed by atoms with van der Waals surface area (Å²) in [6.07, 6.45) is 0. The molecule has 3 nitrogen and oxygen atoms in total. The van der Waals surface area contributed by atoms with E-state index in [2.05, 4.69) is 0 Å². The molecule has 15 heavy (non-hydrogen) atoms. The van der Waals surface area contributed by atoms with Crippen molar-refractivity contribution in [3.8, 4) is 11.5 Å². The lowest BCUT2D eigenvalue weighted by molar-refractivity contribution is 0.201. The van der Waals surface area contributed by atoms with Crippen molar-refractivity contribution in [2.24, 2.45) is 0 Å². The van der Waals surface area contributed by atoms with Crippen LogP contribution in [-0.2, 0) is 0 Å². The predicted octanol–water partition coefficient (Wildman–Crippen LogP) is 1.92. The topological polar surface area (TPSA) is 49.7 Å². The Balaban J connectivity index is 2.34. The van der Waals surface area contributed by atoms with Crippen molar-refractivity contribution >= 4 is 10.8 Å². The highest BCUT2D eigenvalue weighted by molar-refractivity contribution is 5.85. The van der Waals surface area contributed by atoms with Crippen LogP contribution >= 0.6 is 0 Å². The van der Waals surface area contributed by atoms with Crippen molar-refractivity contribution in [1.29, 1.82) is 0 Å². The van der Waals surface area contributed by atoms with Gasteiger partial charge < -0.3 is 14.9 Å². The number of rotatable bonds is 3. The van der Waals surface area contributed by atoms with Crippen LogP contribution in [0, 0.1) is 0 Å². The largest absolute Gasteiger partial charge is 0.508 e. The lowest BCUT2D eigenvalue weighted by Gasteiger charge is -2.05. The Morgan fingerprint density at radius 2 is 1.73 bits per heavy atom. The molecule has 0 radical (unpaired) electrons. The molecule has 0 saturated heterocycles. The molecule has 0 atom stereocenters. The van der Waals surface area contributed by atoms with E-state index in [4.69, 9.17) is 9.84 Å². The minimum Gasteiger partial charge on any atom is -0.508 e. The van der Waals surface area contributed by atoms with E-state index >= 15 is 0 Å². The van der Waals surface area contributed by atoms with Gasteiger partial charge in [0.1, 0.15) is 18.1 Å². The van der Waals surface area contributed by atoms with Gasteiger partial charge in [0.15, 0.2) is 0 Å². The number of aliphatic hydroxyl groups is 1. The number of phenolic OH excluding ortho intramolecular Hbond substituents is 1. The van der Waals surface area contributed by atoms with Crippen LogP contribution in [0.15, 0.2) is 36.4 Å². The lowest BCUT2D eigenvalue weighted by atomic mass is 10.1. The van der Waals surface area contributed by atoms with Gasteiger partial charge in [-0.1, -0.05) is 12.1 Å². The van der Waals surface area contributed by atoms with E-state index in [1.165, 1.54) is 0 Å². The molecule has 0 fully saturated rings. The van der Waals surface area contributed by atoms with E-state index in [9.17, 15) is 5.11 Å². The molecule has 2 aromatic carbocycles. The number of phenols is 1. The van der Waals surface area contributed by atoms with Crippen LogP contribution in [-0.4, -0.2) is 23.4 Å². The van der Waals surface area contributed by atoms with Crippen LogP contribution in [0.2, 0.25) is 0 Å². The quantitative estimate of drug-likeness (QED) is 0.803. The van der Waals surface area contributed by atoms with E-state index in [0.717, 1.165) is 16.5 Å². The third kappa shape index (κ3) is 2.19. The third-order valence-corrected chi connectivity index (χ3v) is 2.16. The zero-order valence-corrected chi connectivity index (χ0v) is 8.18. The monoisotopic (exact) mass is 204 g/mol. The number of aliphatic hydroxyl groups excluding tert-OH is 1. The molecule has 0 aliphatic rings. The molecule has 3 heteroatoms. The first-order valence-corrected chi connectivity index (χ1v) is 4.76. The standard InChI is InChI=1S/C12H12O3/c13-5-6-15-12-4-2-9-7-11(14)3-1-10(9)8-12/h1-4,7-8,13-14H,5-6H2. The van der Waals surface area contributed by atoms with Gasteiger partial charge in [-0.2, -0.15) is 0 Å². The Bertz CT molecular complexity index is 465. The highest BCUT2D eigenvalue weighted by atomic mass is 16.5. The molecule has 0 heterocycles. The Hall–Kier alpha value is -1.74. The van der Waals surface area contributed by atoms with Crippen LogP contribution in [0.5, 0.6) is 11.5 Å². The van der Waals surface area contributed by atoms with Crippen LogP contribution in [0.3, 0.4) is 0 Å². The van der Waals surface area contributed by atoms with Crippen molar-refractivity contribution in [3.05, 3.63) is 36.4 Å². The molecule has 0 amide bonds. The van der Waals surface area contributed by atoms with Crippen LogP contribution in [0.1, 0.15) is 0 Å². The molecule has 0 unspecified atom stereocenters. The maximum atomic E-state index is 9.28. The van der Waals surface area contributed by atoms with Crippen molar-refractivity contribution in [2.75, 3.05) is 13.2 Å². The van der Waals surface area contributed by atoms with Crippen molar-refractivity contribution in [3.63, 3.8) is 0 Å². The Kier molecular flexibility index (Phi) is 2.74. The molecule has 2 N–H and O–H groups in total. The summed E-state index contributed by atoms with van der Waals surface area (Å²) in [7, 11) is 0. The highest BCUT2D eigenvalue weighted by Crippen LogP contribution is 2.24. The van der Waals surface area contributed by atoms with E-state index in [1.807, 2.05) is 24.3 Å². The first-order valence-electron chi connectivity index (χ1n) is 4.76. The SMILES string of the molecule is OCCOc1ccc2cc(O)ccc2c1. The predicted molar refractivity (Wildman–Crippen MR) is 58.2 cm³/mol. The van der Waals surface area contributed by atoms with Crippen LogP contribution < -0.4 is 4.74 Å². The summed E-state index contributed by atoms with van der Waals surface area (Å²) in [4.78, 5) is 0. The maximum absolute atomic E-state index is 9.28. The summed E-state index contributed by atoms with van der Waals surface area (Å²) in [5.41, 5.74) is 0. The van der Waals surface area contributed by atoms with Crippen molar-refractivity contribution in [2.45, 2.75) is 0 Å². The van der Waals surface area contributed by atoms with Crippen LogP contribution in [0.4, 0.5) is 0 Å². The molecule has 0 aliphatic carbocycles. The summed E-state index contributed by atoms with van der Waals surface area (Å²) >= 11 is 0. The average molecular weight is 204 g/mol. The summed E-state index contributed by atoms with van der Waals surface area (Å²) in [5, 5.41) is 19.9. The van der Waals surface area contributed by atoms with Gasteiger partial charge in [-0.3, -0.25) is 0 Å². The second kappa shape index (κ2) is 4.19. The minimum atomic E-state index is 0.00755. The smallest absolute Gasteiger partial charge is 0.120 e. The fraction of sp³-hybridized carbons (Fsp3) is 0.167. The first kappa shape index (κ1) is 9.80. The van der Waals surface area contributed by atoms with E-state index < -0.39 is 0 Å². The Morgan fingerprint density at radius 1 is 1.00 bits per heavy atom. The number of benzene rings is 2. The van der Waals surface area contributed by atoms with E-state index in [0.29, 0.717) is 6.61 Å².